The van der Waals surface area contributed by atoms with E-state index < -0.39 is 45.9 Å². The Bertz CT molecular complexity index is 820. The van der Waals surface area contributed by atoms with Gasteiger partial charge >= 0.3 is 12.1 Å². The molecule has 1 aromatic carbocycles. The average molecular weight is 462 g/mol. The van der Waals surface area contributed by atoms with Crippen molar-refractivity contribution in [2.45, 2.75) is 36.6 Å². The molecule has 0 aromatic heterocycles. The van der Waals surface area contributed by atoms with E-state index in [1.54, 1.807) is 12.1 Å². The molecule has 0 saturated carbocycles. The molecule has 3 atom stereocenters. The Balaban J connectivity index is 2.10. The fourth-order valence-electron chi connectivity index (χ4n) is 4.17. The standard InChI is InChI=1S/C20H22F3NO4S2/c1-11(18(27)28-3)15(20(21,22)23)19(29-9-6-10-30-19)12(2)24-16(25)13-7-4-5-8-14(13)17(24)26/h4-5,7-8,11-12,15H,6,9-10H2,1-3H3. The van der Waals surface area contributed by atoms with E-state index in [9.17, 15) is 27.6 Å². The van der Waals surface area contributed by atoms with E-state index >= 15 is 0 Å². The molecular formula is C20H22F3NO4S2. The van der Waals surface area contributed by atoms with Gasteiger partial charge in [-0.3, -0.25) is 19.3 Å². The summed E-state index contributed by atoms with van der Waals surface area (Å²) < 4.78 is 46.1. The van der Waals surface area contributed by atoms with Gasteiger partial charge in [0, 0.05) is 0 Å². The van der Waals surface area contributed by atoms with Crippen LogP contribution in [0.25, 0.3) is 0 Å². The van der Waals surface area contributed by atoms with Crippen molar-refractivity contribution in [2.75, 3.05) is 18.6 Å². The summed E-state index contributed by atoms with van der Waals surface area (Å²) in [7, 11) is 1.05. The van der Waals surface area contributed by atoms with Crippen molar-refractivity contribution in [1.29, 1.82) is 0 Å². The van der Waals surface area contributed by atoms with Crippen molar-refractivity contribution in [3.63, 3.8) is 0 Å². The van der Waals surface area contributed by atoms with Crippen molar-refractivity contribution in [3.8, 4) is 0 Å². The number of ether oxygens (including phenoxy) is 1. The number of esters is 1. The summed E-state index contributed by atoms with van der Waals surface area (Å²) in [5.74, 6) is -4.93. The summed E-state index contributed by atoms with van der Waals surface area (Å²) >= 11 is 2.14. The molecule has 2 heterocycles. The topological polar surface area (TPSA) is 63.7 Å². The molecule has 0 spiro atoms. The zero-order valence-electron chi connectivity index (χ0n) is 16.7. The third kappa shape index (κ3) is 3.72. The van der Waals surface area contributed by atoms with Crippen LogP contribution < -0.4 is 0 Å². The Morgan fingerprint density at radius 1 is 1.10 bits per heavy atom. The highest BCUT2D eigenvalue weighted by Gasteiger charge is 2.63. The molecule has 2 aliphatic heterocycles. The van der Waals surface area contributed by atoms with Crippen molar-refractivity contribution in [2.24, 2.45) is 11.8 Å². The Labute approximate surface area is 181 Å². The highest BCUT2D eigenvalue weighted by Crippen LogP contribution is 2.58. The number of methoxy groups -OCH3 is 1. The van der Waals surface area contributed by atoms with Crippen LogP contribution in [0.4, 0.5) is 13.2 Å². The van der Waals surface area contributed by atoms with Crippen LogP contribution in [-0.4, -0.2) is 57.6 Å². The quantitative estimate of drug-likeness (QED) is 0.483. The van der Waals surface area contributed by atoms with Gasteiger partial charge in [-0.15, -0.1) is 23.5 Å². The fraction of sp³-hybridized carbons (Fsp3) is 0.550. The van der Waals surface area contributed by atoms with Crippen LogP contribution in [0.2, 0.25) is 0 Å². The summed E-state index contributed by atoms with van der Waals surface area (Å²) in [4.78, 5) is 39.0. The second-order valence-electron chi connectivity index (χ2n) is 7.30. The van der Waals surface area contributed by atoms with E-state index in [-0.39, 0.29) is 11.1 Å². The van der Waals surface area contributed by atoms with Crippen molar-refractivity contribution in [1.82, 2.24) is 4.90 Å². The number of hydrogen-bond donors (Lipinski definition) is 0. The largest absolute Gasteiger partial charge is 0.469 e. The molecule has 30 heavy (non-hydrogen) atoms. The van der Waals surface area contributed by atoms with Gasteiger partial charge in [-0.1, -0.05) is 19.1 Å². The number of halogens is 3. The fourth-order valence-corrected chi connectivity index (χ4v) is 8.13. The number of imide groups is 1. The lowest BCUT2D eigenvalue weighted by atomic mass is 9.86. The highest BCUT2D eigenvalue weighted by atomic mass is 32.2. The summed E-state index contributed by atoms with van der Waals surface area (Å²) in [6.45, 7) is 2.66. The molecule has 3 rings (SSSR count). The molecule has 5 nitrogen and oxygen atoms in total. The van der Waals surface area contributed by atoms with Gasteiger partial charge in [0.05, 0.1) is 40.2 Å². The van der Waals surface area contributed by atoms with Crippen LogP contribution in [0.15, 0.2) is 24.3 Å². The number of fused-ring (bicyclic) bond motifs is 1. The molecular weight excluding hydrogens is 439 g/mol. The number of hydrogen-bond acceptors (Lipinski definition) is 6. The third-order valence-electron chi connectivity index (χ3n) is 5.60. The Hall–Kier alpha value is -1.68. The monoisotopic (exact) mass is 461 g/mol. The van der Waals surface area contributed by atoms with E-state index in [0.717, 1.165) is 35.5 Å². The molecule has 0 bridgehead atoms. The maximum atomic E-state index is 14.4. The lowest BCUT2D eigenvalue weighted by Gasteiger charge is -2.49. The lowest BCUT2D eigenvalue weighted by Crippen LogP contribution is -2.60. The van der Waals surface area contributed by atoms with Crippen LogP contribution in [0, 0.1) is 11.8 Å². The van der Waals surface area contributed by atoms with Gasteiger partial charge in [-0.2, -0.15) is 13.2 Å². The second kappa shape index (κ2) is 8.45. The Morgan fingerprint density at radius 2 is 1.60 bits per heavy atom. The van der Waals surface area contributed by atoms with Gasteiger partial charge in [-0.05, 0) is 37.0 Å². The van der Waals surface area contributed by atoms with Gasteiger partial charge in [0.15, 0.2) is 0 Å². The Kier molecular flexibility index (Phi) is 6.48. The van der Waals surface area contributed by atoms with E-state index in [2.05, 4.69) is 4.74 Å². The molecule has 1 fully saturated rings. The van der Waals surface area contributed by atoms with Crippen molar-refractivity contribution < 1.29 is 32.3 Å². The molecule has 2 aliphatic rings. The van der Waals surface area contributed by atoms with Gasteiger partial charge in [0.2, 0.25) is 0 Å². The minimum Gasteiger partial charge on any atom is -0.469 e. The van der Waals surface area contributed by atoms with Crippen LogP contribution in [0.1, 0.15) is 41.0 Å². The first-order chi connectivity index (χ1) is 14.1. The van der Waals surface area contributed by atoms with Crippen LogP contribution in [0.5, 0.6) is 0 Å². The first-order valence-electron chi connectivity index (χ1n) is 9.45. The molecule has 0 aliphatic carbocycles. The maximum absolute atomic E-state index is 14.4. The van der Waals surface area contributed by atoms with E-state index in [1.165, 1.54) is 26.0 Å². The zero-order valence-corrected chi connectivity index (χ0v) is 18.3. The smallest absolute Gasteiger partial charge is 0.394 e. The molecule has 1 saturated heterocycles. The molecule has 3 unspecified atom stereocenters. The van der Waals surface area contributed by atoms with Gasteiger partial charge < -0.3 is 4.74 Å². The minimum atomic E-state index is -4.74. The zero-order chi connectivity index (χ0) is 22.3. The Morgan fingerprint density at radius 3 is 2.03 bits per heavy atom. The normalized spacial score (nSPS) is 21.7. The number of benzene rings is 1. The maximum Gasteiger partial charge on any atom is 0.394 e. The molecule has 0 radical (unpaired) electrons. The highest BCUT2D eigenvalue weighted by molar-refractivity contribution is 8.18. The number of alkyl halides is 3. The summed E-state index contributed by atoms with van der Waals surface area (Å²) in [6, 6.07) is 5.10. The SMILES string of the molecule is COC(=O)C(C)C(C(F)(F)F)C1(C(C)N2C(=O)c3ccccc3C2=O)SCCCS1. The summed E-state index contributed by atoms with van der Waals surface area (Å²) in [6.07, 6.45) is -4.04. The average Bonchev–Trinajstić information content (AvgIpc) is 2.97. The number of nitrogens with zero attached hydrogens (tertiary/aromatic N) is 1. The number of amides is 2. The van der Waals surface area contributed by atoms with Crippen molar-refractivity contribution in [3.05, 3.63) is 35.4 Å². The van der Waals surface area contributed by atoms with Crippen LogP contribution >= 0.6 is 23.5 Å². The van der Waals surface area contributed by atoms with Gasteiger partial charge in [-0.25, -0.2) is 0 Å². The van der Waals surface area contributed by atoms with Crippen LogP contribution in [0.3, 0.4) is 0 Å². The number of rotatable bonds is 5. The summed E-state index contributed by atoms with van der Waals surface area (Å²) in [5, 5.41) is 0. The first-order valence-corrected chi connectivity index (χ1v) is 11.4. The van der Waals surface area contributed by atoms with Crippen LogP contribution in [-0.2, 0) is 9.53 Å². The lowest BCUT2D eigenvalue weighted by molar-refractivity contribution is -0.200. The number of carbonyl (C=O) groups is 3. The van der Waals surface area contributed by atoms with Gasteiger partial charge in [0.25, 0.3) is 11.8 Å². The van der Waals surface area contributed by atoms with Crippen molar-refractivity contribution >= 4 is 41.3 Å². The van der Waals surface area contributed by atoms with E-state index in [1.807, 2.05) is 0 Å². The predicted molar refractivity (Wildman–Crippen MR) is 109 cm³/mol. The molecule has 164 valence electrons. The molecule has 2 amide bonds. The molecule has 10 heteroatoms. The van der Waals surface area contributed by atoms with Gasteiger partial charge in [0.1, 0.15) is 0 Å². The number of carbonyl (C=O) groups excluding carboxylic acids is 3. The summed E-state index contributed by atoms with van der Waals surface area (Å²) in [5.41, 5.74) is 0.361. The molecule has 1 aromatic rings. The third-order valence-corrected chi connectivity index (χ3v) is 9.38. The second-order valence-corrected chi connectivity index (χ2v) is 10.3. The van der Waals surface area contributed by atoms with E-state index in [4.69, 9.17) is 0 Å². The molecule has 0 N–H and O–H groups in total. The number of thioether (sulfide) groups is 2. The predicted octanol–water partition coefficient (Wildman–Crippen LogP) is 4.23. The first kappa shape index (κ1) is 23.0. The minimum absolute atomic E-state index is 0.180. The van der Waals surface area contributed by atoms with E-state index in [0.29, 0.717) is 17.9 Å².